The van der Waals surface area contributed by atoms with Gasteiger partial charge in [0.1, 0.15) is 18.4 Å². The lowest BCUT2D eigenvalue weighted by molar-refractivity contribution is -0.140. The largest absolute Gasteiger partial charge is 0.350 e. The van der Waals surface area contributed by atoms with Crippen molar-refractivity contribution in [3.63, 3.8) is 0 Å². The zero-order valence-electron chi connectivity index (χ0n) is 26.6. The minimum absolute atomic E-state index is 0.0603. The smallest absolute Gasteiger partial charge is 0.264 e. The molecule has 1 N–H and O–H groups in total. The van der Waals surface area contributed by atoms with Gasteiger partial charge in [0, 0.05) is 29.1 Å². The number of carbonyl (C=O) groups excluding carboxylic acids is 2. The van der Waals surface area contributed by atoms with Crippen molar-refractivity contribution in [2.45, 2.75) is 64.1 Å². The molecule has 4 aromatic carbocycles. The van der Waals surface area contributed by atoms with Crippen LogP contribution in [0.25, 0.3) is 0 Å². The fraction of sp³-hybridized carbons (Fsp3) is 0.278. The molecule has 0 radical (unpaired) electrons. The highest BCUT2D eigenvalue weighted by Crippen LogP contribution is 2.28. The molecule has 0 saturated carbocycles. The molecule has 0 aliphatic carbocycles. The van der Waals surface area contributed by atoms with E-state index < -0.39 is 45.8 Å². The third kappa shape index (κ3) is 8.73. The summed E-state index contributed by atoms with van der Waals surface area (Å²) in [6, 6.07) is 24.9. The summed E-state index contributed by atoms with van der Waals surface area (Å²) in [5.74, 6) is -1.67. The monoisotopic (exact) mass is 663 g/mol. The first-order chi connectivity index (χ1) is 21.7. The van der Waals surface area contributed by atoms with Gasteiger partial charge in [-0.3, -0.25) is 13.9 Å². The van der Waals surface area contributed by atoms with Gasteiger partial charge in [-0.15, -0.1) is 0 Å². The second kappa shape index (κ2) is 14.5. The van der Waals surface area contributed by atoms with Crippen molar-refractivity contribution in [3.05, 3.63) is 130 Å². The van der Waals surface area contributed by atoms with Crippen LogP contribution in [-0.2, 0) is 32.6 Å². The van der Waals surface area contributed by atoms with E-state index in [2.05, 4.69) is 5.32 Å². The van der Waals surface area contributed by atoms with E-state index in [-0.39, 0.29) is 29.1 Å². The molecular weight excluding hydrogens is 625 g/mol. The molecule has 0 bridgehead atoms. The van der Waals surface area contributed by atoms with Crippen molar-refractivity contribution in [1.82, 2.24) is 10.2 Å². The fourth-order valence-electron chi connectivity index (χ4n) is 4.96. The zero-order chi connectivity index (χ0) is 33.6. The molecule has 242 valence electrons. The Morgan fingerprint density at radius 3 is 2.11 bits per heavy atom. The van der Waals surface area contributed by atoms with E-state index >= 15 is 4.39 Å². The Morgan fingerprint density at radius 1 is 0.870 bits per heavy atom. The summed E-state index contributed by atoms with van der Waals surface area (Å²) in [5.41, 5.74) is 2.38. The maximum absolute atomic E-state index is 15.1. The van der Waals surface area contributed by atoms with Gasteiger partial charge in [0.2, 0.25) is 11.8 Å². The number of aryl methyl sites for hydroxylation is 2. The molecule has 0 aromatic heterocycles. The first-order valence-electron chi connectivity index (χ1n) is 14.9. The number of carbonyl (C=O) groups is 2. The maximum atomic E-state index is 15.1. The Hall–Kier alpha value is -4.21. The van der Waals surface area contributed by atoms with Crippen LogP contribution in [0.1, 0.15) is 43.0 Å². The lowest BCUT2D eigenvalue weighted by atomic mass is 10.0. The van der Waals surface area contributed by atoms with E-state index in [4.69, 9.17) is 11.6 Å². The number of nitrogens with one attached hydrogen (secondary N) is 1. The van der Waals surface area contributed by atoms with Gasteiger partial charge in [-0.05, 0) is 93.8 Å². The molecule has 0 heterocycles. The molecular formula is C36H39ClFN3O4S. The molecule has 4 rings (SSSR count). The average molecular weight is 664 g/mol. The molecule has 2 amide bonds. The van der Waals surface area contributed by atoms with E-state index in [1.165, 1.54) is 35.2 Å². The first kappa shape index (κ1) is 34.7. The molecule has 4 aromatic rings. The molecule has 46 heavy (non-hydrogen) atoms. The fourth-order valence-corrected chi connectivity index (χ4v) is 6.49. The topological polar surface area (TPSA) is 86.8 Å². The quantitative estimate of drug-likeness (QED) is 0.190. The number of halogens is 2. The highest BCUT2D eigenvalue weighted by atomic mass is 35.5. The van der Waals surface area contributed by atoms with Crippen LogP contribution >= 0.6 is 11.6 Å². The van der Waals surface area contributed by atoms with Crippen LogP contribution in [0.2, 0.25) is 5.02 Å². The summed E-state index contributed by atoms with van der Waals surface area (Å²) in [5, 5.41) is 3.32. The van der Waals surface area contributed by atoms with E-state index in [1.54, 1.807) is 36.4 Å². The molecule has 7 nitrogen and oxygen atoms in total. The van der Waals surface area contributed by atoms with Gasteiger partial charge < -0.3 is 10.2 Å². The number of nitrogens with zero attached hydrogens (tertiary/aromatic N) is 2. The maximum Gasteiger partial charge on any atom is 0.264 e. The van der Waals surface area contributed by atoms with E-state index in [1.807, 2.05) is 65.0 Å². The van der Waals surface area contributed by atoms with Crippen molar-refractivity contribution >= 4 is 39.1 Å². The van der Waals surface area contributed by atoms with Crippen LogP contribution in [0.4, 0.5) is 10.1 Å². The predicted octanol–water partition coefficient (Wildman–Crippen LogP) is 6.85. The Morgan fingerprint density at radius 2 is 1.50 bits per heavy atom. The van der Waals surface area contributed by atoms with Gasteiger partial charge in [0.25, 0.3) is 10.0 Å². The Balaban J connectivity index is 1.84. The van der Waals surface area contributed by atoms with Crippen molar-refractivity contribution < 1.29 is 22.4 Å². The summed E-state index contributed by atoms with van der Waals surface area (Å²) in [4.78, 5) is 29.7. The van der Waals surface area contributed by atoms with Gasteiger partial charge in [0.05, 0.1) is 10.6 Å². The van der Waals surface area contributed by atoms with Crippen LogP contribution in [0.3, 0.4) is 0 Å². The normalized spacial score (nSPS) is 12.3. The minimum atomic E-state index is -4.29. The predicted molar refractivity (Wildman–Crippen MR) is 181 cm³/mol. The van der Waals surface area contributed by atoms with Crippen molar-refractivity contribution in [2.24, 2.45) is 0 Å². The molecule has 0 fully saturated rings. The lowest BCUT2D eigenvalue weighted by Gasteiger charge is -2.35. The van der Waals surface area contributed by atoms with Crippen LogP contribution in [0.5, 0.6) is 0 Å². The first-order valence-corrected chi connectivity index (χ1v) is 16.7. The summed E-state index contributed by atoms with van der Waals surface area (Å²) in [6.45, 7) is 8.33. The SMILES string of the molecule is Cc1ccc(N(CC(=O)N(Cc2ccccc2F)[C@H](Cc2ccccc2)C(=O)NC(C)(C)C)S(=O)(=O)c2ccc(Cl)cc2)cc1C. The molecule has 10 heteroatoms. The second-order valence-electron chi connectivity index (χ2n) is 12.3. The summed E-state index contributed by atoms with van der Waals surface area (Å²) in [7, 11) is -4.29. The third-order valence-corrected chi connectivity index (χ3v) is 9.57. The van der Waals surface area contributed by atoms with Crippen LogP contribution in [0.15, 0.2) is 102 Å². The molecule has 0 aliphatic rings. The average Bonchev–Trinajstić information content (AvgIpc) is 2.99. The lowest BCUT2D eigenvalue weighted by Crippen LogP contribution is -2.56. The second-order valence-corrected chi connectivity index (χ2v) is 14.6. The number of sulfonamides is 1. The molecule has 0 spiro atoms. The number of hydrogen-bond donors (Lipinski definition) is 1. The summed E-state index contributed by atoms with van der Waals surface area (Å²) < 4.78 is 44.4. The van der Waals surface area contributed by atoms with Gasteiger partial charge in [-0.1, -0.05) is 66.2 Å². The standard InChI is InChI=1S/C36H39ClFN3O4S/c1-25-15-18-30(21-26(25)2)41(46(44,45)31-19-16-29(37)17-20-31)24-34(42)40(23-28-13-9-10-14-32(28)38)33(35(43)39-36(3,4)5)22-27-11-7-6-8-12-27/h6-21,33H,22-24H2,1-5H3,(H,39,43)/t33-/m1/s1. The van der Waals surface area contributed by atoms with E-state index in [0.717, 1.165) is 21.0 Å². The highest BCUT2D eigenvalue weighted by molar-refractivity contribution is 7.92. The Kier molecular flexibility index (Phi) is 10.9. The number of hydrogen-bond acceptors (Lipinski definition) is 4. The van der Waals surface area contributed by atoms with Crippen molar-refractivity contribution in [2.75, 3.05) is 10.8 Å². The number of amides is 2. The molecule has 0 aliphatic heterocycles. The van der Waals surface area contributed by atoms with Gasteiger partial charge in [-0.25, -0.2) is 12.8 Å². The third-order valence-electron chi connectivity index (χ3n) is 7.53. The van der Waals surface area contributed by atoms with Crippen LogP contribution < -0.4 is 9.62 Å². The number of benzene rings is 4. The molecule has 0 saturated heterocycles. The minimum Gasteiger partial charge on any atom is -0.350 e. The number of rotatable bonds is 11. The van der Waals surface area contributed by atoms with Crippen molar-refractivity contribution in [3.8, 4) is 0 Å². The van der Waals surface area contributed by atoms with Gasteiger partial charge in [-0.2, -0.15) is 0 Å². The summed E-state index contributed by atoms with van der Waals surface area (Å²) >= 11 is 6.05. The van der Waals surface area contributed by atoms with Crippen LogP contribution in [0, 0.1) is 19.7 Å². The van der Waals surface area contributed by atoms with Gasteiger partial charge in [0.15, 0.2) is 0 Å². The summed E-state index contributed by atoms with van der Waals surface area (Å²) in [6.07, 6.45) is 0.122. The van der Waals surface area contributed by atoms with E-state index in [0.29, 0.717) is 5.02 Å². The van der Waals surface area contributed by atoms with Gasteiger partial charge >= 0.3 is 0 Å². The van der Waals surface area contributed by atoms with E-state index in [9.17, 15) is 18.0 Å². The van der Waals surface area contributed by atoms with Crippen molar-refractivity contribution in [1.29, 1.82) is 0 Å². The zero-order valence-corrected chi connectivity index (χ0v) is 28.2. The number of anilines is 1. The molecule has 1 atom stereocenters. The molecule has 0 unspecified atom stereocenters. The Bertz CT molecular complexity index is 1790. The van der Waals surface area contributed by atoms with Crippen LogP contribution in [-0.4, -0.2) is 43.3 Å². The highest BCUT2D eigenvalue weighted by Gasteiger charge is 2.36. The Labute approximate surface area is 276 Å².